The smallest absolute Gasteiger partial charge is 0.255 e. The Kier molecular flexibility index (Phi) is 45.9. The van der Waals surface area contributed by atoms with E-state index in [1.165, 1.54) is 102 Å². The van der Waals surface area contributed by atoms with Crippen molar-refractivity contribution in [3.05, 3.63) is 550 Å². The molecular weight excluding hydrogens is 2210 g/mol. The molecule has 20 rings (SSSR count). The summed E-state index contributed by atoms with van der Waals surface area (Å²) < 4.78 is 5.70. The standard InChI is InChI=1S/C20H14Cl2N2OS.4C18H15P.C14H9BrCl2N2O.C6H6S.3C4H9.Pd.Sn/c21-15-7-4-8-16(22)18(15)19-17-10-9-14(11-24(17)12-23-20(19)25)26-13-5-2-1-3-6-13;4*1-4-10-16(11-5-1)19(17-12-6-2-7-13-17)18-14-8-3-9-15-18;15-8-4-5-11-13(14(20)18-7-19(11)6-8)12-9(16)2-1-3-10(12)17;7-6-4-2-1-3-5-6;3*1-3-4-2;;/h1-11H,12H2,(H,23,25);4*1-15H;1-6H,7H2,(H,18,20);1-5,7H;3*1,3-4H2,2H3;;/q;;;;;;;;;;;+1/p-1. The molecule has 16 aromatic rings. The van der Waals surface area contributed by atoms with E-state index in [0.29, 0.717) is 55.7 Å². The van der Waals surface area contributed by atoms with Crippen LogP contribution in [-0.2, 0) is 30.0 Å². The number of hydrogen-bond donors (Lipinski definition) is 2. The van der Waals surface area contributed by atoms with Gasteiger partial charge in [-0.3, -0.25) is 9.59 Å². The largest absolute Gasteiger partial charge is 0.334 e. The van der Waals surface area contributed by atoms with Crippen molar-refractivity contribution in [1.29, 1.82) is 0 Å². The van der Waals surface area contributed by atoms with E-state index in [1.54, 1.807) is 66.4 Å². The minimum Gasteiger partial charge on any atom is -0.334 e. The van der Waals surface area contributed by atoms with E-state index in [0.717, 1.165) is 25.7 Å². The maximum absolute atomic E-state index is 12.6. The third-order valence-corrected chi connectivity index (χ3v) is 57.5. The average molecular weight is 2330 g/mol. The third kappa shape index (κ3) is 32.5. The van der Waals surface area contributed by atoms with Crippen LogP contribution < -0.4 is 74.3 Å². The van der Waals surface area contributed by atoms with Gasteiger partial charge in [0.15, 0.2) is 0 Å². The maximum atomic E-state index is 12.6. The van der Waals surface area contributed by atoms with Gasteiger partial charge in [-0.1, -0.05) is 452 Å². The zero-order chi connectivity index (χ0) is 98.7. The van der Waals surface area contributed by atoms with Gasteiger partial charge in [-0.25, -0.2) is 0 Å². The maximum Gasteiger partial charge on any atom is 0.255 e. The summed E-state index contributed by atoms with van der Waals surface area (Å²) in [5.74, 6) is -0.356. The van der Waals surface area contributed by atoms with Crippen LogP contribution in [0.15, 0.2) is 528 Å². The molecule has 0 fully saturated rings. The number of unbranched alkanes of at least 4 members (excludes halogenated alkanes) is 3. The second-order valence-electron chi connectivity index (χ2n) is 33.4. The fourth-order valence-electron chi connectivity index (χ4n) is 16.6. The number of fused-ring (bicyclic) bond motifs is 2. The molecule has 0 atom stereocenters. The van der Waals surface area contributed by atoms with Crippen LogP contribution in [0.1, 0.15) is 70.4 Å². The number of carbonyl (C=O) groups is 2. The molecule has 4 aliphatic rings. The zero-order valence-corrected chi connectivity index (χ0v) is 94.4. The van der Waals surface area contributed by atoms with Crippen LogP contribution in [0, 0.1) is 0 Å². The van der Waals surface area contributed by atoms with Gasteiger partial charge in [-0.15, -0.1) is 0 Å². The summed E-state index contributed by atoms with van der Waals surface area (Å²) in [5.41, 5.74) is 3.67. The Hall–Kier alpha value is -9.98. The van der Waals surface area contributed by atoms with Crippen LogP contribution in [0.3, 0.4) is 0 Å². The van der Waals surface area contributed by atoms with Gasteiger partial charge < -0.3 is 20.4 Å². The molecule has 724 valence electrons. The van der Waals surface area contributed by atoms with Gasteiger partial charge in [0, 0.05) is 58.2 Å². The first-order valence-electron chi connectivity index (χ1n) is 48.0. The number of halogens is 5. The van der Waals surface area contributed by atoms with Crippen LogP contribution in [0.2, 0.25) is 33.4 Å². The summed E-state index contributed by atoms with van der Waals surface area (Å²) >= 11 is 28.2. The molecule has 0 saturated carbocycles. The monoisotopic (exact) mass is 2320 g/mol. The summed E-state index contributed by atoms with van der Waals surface area (Å²) in [7, 11) is 0.582. The van der Waals surface area contributed by atoms with Gasteiger partial charge in [-0.2, -0.15) is 0 Å². The van der Waals surface area contributed by atoms with E-state index in [2.05, 4.69) is 463 Å². The normalized spacial score (nSPS) is 12.7. The fourth-order valence-corrected chi connectivity index (χ4v) is 51.0. The second-order valence-corrected chi connectivity index (χ2v) is 65.2. The number of hydrogen-bond acceptors (Lipinski definition) is 6. The topological polar surface area (TPSA) is 64.7 Å². The Morgan fingerprint density at radius 2 is 0.503 bits per heavy atom. The third-order valence-electron chi connectivity index (χ3n) is 23.4. The van der Waals surface area contributed by atoms with Gasteiger partial charge in [0.05, 0.1) is 56.0 Å². The predicted octanol–water partition coefficient (Wildman–Crippen LogP) is 30.1. The number of rotatable bonds is 27. The number of carbonyl (C=O) groups excluding carboxylic acids is 2. The molecule has 19 heteroatoms. The van der Waals surface area contributed by atoms with Crippen molar-refractivity contribution in [2.45, 2.75) is 82.4 Å². The van der Waals surface area contributed by atoms with E-state index in [1.807, 2.05) is 64.7 Å². The van der Waals surface area contributed by atoms with Crippen LogP contribution in [0.4, 0.5) is 0 Å². The first kappa shape index (κ1) is 110. The minimum atomic E-state index is -2.03. The molecule has 2 N–H and O–H groups in total. The molecule has 0 unspecified atom stereocenters. The van der Waals surface area contributed by atoms with Crippen LogP contribution >= 0.6 is 115 Å². The molecule has 0 aromatic heterocycles. The van der Waals surface area contributed by atoms with E-state index in [9.17, 15) is 9.59 Å². The fraction of sp³-hybridized carbons (Fsp3) is 0.113. The Balaban J connectivity index is 0.000000140. The summed E-state index contributed by atoms with van der Waals surface area (Å²) in [5, 5.41) is 24.3. The molecule has 2 amide bonds. The summed E-state index contributed by atoms with van der Waals surface area (Å²) in [6.07, 6.45) is 20.1. The molecule has 4 heterocycles. The van der Waals surface area contributed by atoms with Crippen molar-refractivity contribution >= 4 is 218 Å². The van der Waals surface area contributed by atoms with Crippen molar-refractivity contribution < 1.29 is 30.0 Å². The van der Waals surface area contributed by atoms with E-state index in [-0.39, 0.29) is 32.2 Å². The number of allylic oxidation sites excluding steroid dienone is 5. The molecule has 16 aromatic carbocycles. The van der Waals surface area contributed by atoms with E-state index >= 15 is 0 Å². The number of benzene rings is 16. The van der Waals surface area contributed by atoms with Gasteiger partial charge in [-0.05, 0) is 172 Å². The van der Waals surface area contributed by atoms with Gasteiger partial charge in [0.2, 0.25) is 0 Å². The van der Waals surface area contributed by atoms with Crippen molar-refractivity contribution in [2.75, 3.05) is 13.3 Å². The summed E-state index contributed by atoms with van der Waals surface area (Å²) in [6.45, 7) is 7.87. The Labute approximate surface area is 904 Å². The van der Waals surface area contributed by atoms with Crippen LogP contribution in [0.25, 0.3) is 11.1 Å². The number of thioether (sulfide) groups is 1. The molecule has 0 saturated heterocycles. The van der Waals surface area contributed by atoms with Gasteiger partial charge in [0.1, 0.15) is 0 Å². The SMILES string of the molecule is CCC[CH2][Sn]([CH2]CCC)([CH2]CCC)[S]c1ccccc1.O=C1NCN2C=C(Br)C=CC2=C1c1c(Cl)cccc1Cl.O=C1NCN2C=C(Sc3ccccc3)C=CC2=C1c1c(Cl)cccc1Cl.[Pd].c1ccc(P(c2ccccc2)c2ccccc2)cc1.c1ccc(P(c2ccccc2)c2ccccc2)cc1.c1ccc(P(c2ccccc2)c2ccccc2)cc1.c1ccc(P(c2ccccc2)c2ccccc2)cc1. The van der Waals surface area contributed by atoms with Crippen molar-refractivity contribution in [2.24, 2.45) is 0 Å². The minimum absolute atomic E-state index is 0. The molecule has 6 nitrogen and oxygen atoms in total. The molecule has 0 spiro atoms. The Morgan fingerprint density at radius 1 is 0.287 bits per heavy atom. The molecule has 0 aliphatic carbocycles. The van der Waals surface area contributed by atoms with Crippen molar-refractivity contribution in [1.82, 2.24) is 20.4 Å². The van der Waals surface area contributed by atoms with E-state index < -0.39 is 48.7 Å². The number of amides is 2. The molecule has 143 heavy (non-hydrogen) atoms. The average Bonchev–Trinajstić information content (AvgIpc) is 0.769. The molecule has 0 radical (unpaired) electrons. The summed E-state index contributed by atoms with van der Waals surface area (Å²) in [6, 6.07) is 161. The van der Waals surface area contributed by atoms with Gasteiger partial charge in [0.25, 0.3) is 11.8 Å². The van der Waals surface area contributed by atoms with Crippen LogP contribution in [-0.4, -0.2) is 51.9 Å². The molecule has 0 bridgehead atoms. The molecular formula is C124H115BrCl4N4O2P4PdS2Sn. The van der Waals surface area contributed by atoms with Crippen LogP contribution in [0.5, 0.6) is 0 Å². The molecule has 4 aliphatic heterocycles. The van der Waals surface area contributed by atoms with Gasteiger partial charge >= 0.3 is 134 Å². The zero-order valence-electron chi connectivity index (χ0n) is 80.1. The number of nitrogens with zero attached hydrogens (tertiary/aromatic N) is 2. The van der Waals surface area contributed by atoms with Crippen molar-refractivity contribution in [3.8, 4) is 0 Å². The quantitative estimate of drug-likeness (QED) is 0.0395. The summed E-state index contributed by atoms with van der Waals surface area (Å²) in [4.78, 5) is 32.5. The first-order chi connectivity index (χ1) is 69.8. The Morgan fingerprint density at radius 3 is 0.741 bits per heavy atom. The van der Waals surface area contributed by atoms with E-state index in [4.69, 9.17) is 46.4 Å². The first-order valence-corrected chi connectivity index (χ1v) is 66.8. The number of nitrogens with one attached hydrogen (secondary N) is 2. The Bertz CT molecular complexity index is 5880. The van der Waals surface area contributed by atoms with Crippen molar-refractivity contribution in [3.63, 3.8) is 0 Å². The predicted molar refractivity (Wildman–Crippen MR) is 630 cm³/mol. The second kappa shape index (κ2) is 59.6.